The van der Waals surface area contributed by atoms with Crippen LogP contribution < -0.4 is 5.32 Å². The minimum Gasteiger partial charge on any atom is -0.383 e. The van der Waals surface area contributed by atoms with Crippen LogP contribution in [-0.2, 0) is 19.7 Å². The maximum absolute atomic E-state index is 13.9. The van der Waals surface area contributed by atoms with Gasteiger partial charge in [-0.15, -0.1) is 0 Å². The zero-order valence-electron chi connectivity index (χ0n) is 19.8. The molecule has 1 saturated heterocycles. The number of aromatic nitrogens is 1. The van der Waals surface area contributed by atoms with E-state index in [0.29, 0.717) is 39.2 Å². The molecule has 7 heteroatoms. The molecule has 0 spiro atoms. The van der Waals surface area contributed by atoms with E-state index in [4.69, 9.17) is 9.47 Å². The number of hydrogen-bond donors (Lipinski definition) is 1. The Morgan fingerprint density at radius 3 is 2.73 bits per heavy atom. The molecule has 33 heavy (non-hydrogen) atoms. The van der Waals surface area contributed by atoms with Gasteiger partial charge in [-0.05, 0) is 69.0 Å². The number of methoxy groups -OCH3 is 1. The van der Waals surface area contributed by atoms with Gasteiger partial charge in [-0.3, -0.25) is 4.79 Å². The second-order valence-electron chi connectivity index (χ2n) is 8.76. The van der Waals surface area contributed by atoms with Gasteiger partial charge in [0.15, 0.2) is 0 Å². The van der Waals surface area contributed by atoms with E-state index in [2.05, 4.69) is 16.8 Å². The molecule has 1 N–H and O–H groups in total. The van der Waals surface area contributed by atoms with E-state index in [-0.39, 0.29) is 17.4 Å². The molecule has 1 aromatic heterocycles. The van der Waals surface area contributed by atoms with Crippen molar-refractivity contribution in [1.82, 2.24) is 9.88 Å². The Kier molecular flexibility index (Phi) is 8.06. The van der Waals surface area contributed by atoms with Crippen LogP contribution in [0.4, 0.5) is 4.39 Å². The van der Waals surface area contributed by atoms with E-state index in [0.717, 1.165) is 22.5 Å². The summed E-state index contributed by atoms with van der Waals surface area (Å²) in [6, 6.07) is 10.7. The Morgan fingerprint density at radius 1 is 1.36 bits per heavy atom. The number of hydrogen-bond acceptors (Lipinski definition) is 4. The average Bonchev–Trinajstić information content (AvgIpc) is 3.09. The average molecular weight is 454 g/mol. The number of carbonyl (C=O) groups excluding carboxylic acids is 1. The van der Waals surface area contributed by atoms with E-state index in [1.807, 2.05) is 32.0 Å². The lowest BCUT2D eigenvalue weighted by Crippen LogP contribution is -2.44. The Labute approximate surface area is 195 Å². The highest BCUT2D eigenvalue weighted by atomic mass is 19.1. The summed E-state index contributed by atoms with van der Waals surface area (Å²) in [6.45, 7) is 7.99. The number of rotatable bonds is 8. The van der Waals surface area contributed by atoms with E-state index in [1.165, 1.54) is 12.1 Å². The Balaban J connectivity index is 1.81. The van der Waals surface area contributed by atoms with Crippen LogP contribution >= 0.6 is 0 Å². The number of ether oxygens (including phenoxy) is 2. The number of benzene rings is 1. The highest BCUT2D eigenvalue weighted by Crippen LogP contribution is 2.34. The summed E-state index contributed by atoms with van der Waals surface area (Å²) in [5.74, 6) is -0.741. The second kappa shape index (κ2) is 10.8. The summed E-state index contributed by atoms with van der Waals surface area (Å²) in [5, 5.41) is 12.6. The lowest BCUT2D eigenvalue weighted by Gasteiger charge is -2.38. The van der Waals surface area contributed by atoms with Crippen molar-refractivity contribution in [2.24, 2.45) is 0 Å². The van der Waals surface area contributed by atoms with Crippen LogP contribution in [0.15, 0.2) is 35.9 Å². The number of nitrogens with zero attached hydrogens (tertiary/aromatic N) is 2. The molecule has 176 valence electrons. The standard InChI is InChI=1S/C26H32FN3O3/c1-18-12-21(20(3)30(18)19(2)16-32-4)13-22(15-28)25(31)29-17-26(8-10-33-11-9-26)23-6-5-7-24(27)14-23/h5-7,12-14,19H,8-11,16-17H2,1-4H3,(H,29,31)/b22-13-. The number of aryl methyl sites for hydroxylation is 1. The SMILES string of the molecule is COCC(C)n1c(C)cc(/C=C(/C#N)C(=O)NCC2(c3cccc(F)c3)CCOCC2)c1C. The van der Waals surface area contributed by atoms with Gasteiger partial charge < -0.3 is 19.4 Å². The van der Waals surface area contributed by atoms with Crippen molar-refractivity contribution in [2.45, 2.75) is 45.1 Å². The summed E-state index contributed by atoms with van der Waals surface area (Å²) in [6.07, 6.45) is 2.97. The first-order valence-electron chi connectivity index (χ1n) is 11.2. The lowest BCUT2D eigenvalue weighted by atomic mass is 9.74. The molecule has 6 nitrogen and oxygen atoms in total. The summed E-state index contributed by atoms with van der Waals surface area (Å²) < 4.78 is 26.8. The van der Waals surface area contributed by atoms with E-state index >= 15 is 0 Å². The molecule has 0 aliphatic carbocycles. The molecular weight excluding hydrogens is 421 g/mol. The van der Waals surface area contributed by atoms with Crippen LogP contribution in [0.2, 0.25) is 0 Å². The Hall–Kier alpha value is -2.95. The van der Waals surface area contributed by atoms with E-state index in [1.54, 1.807) is 19.3 Å². The molecule has 2 aromatic rings. The van der Waals surface area contributed by atoms with Gasteiger partial charge in [0.1, 0.15) is 17.5 Å². The largest absolute Gasteiger partial charge is 0.383 e. The normalized spacial score (nSPS) is 16.8. The van der Waals surface area contributed by atoms with E-state index < -0.39 is 11.3 Å². The van der Waals surface area contributed by atoms with Crippen molar-refractivity contribution in [3.63, 3.8) is 0 Å². The molecule has 0 radical (unpaired) electrons. The number of nitriles is 1. The quantitative estimate of drug-likeness (QED) is 0.480. The van der Waals surface area contributed by atoms with Crippen LogP contribution in [0.1, 0.15) is 48.3 Å². The topological polar surface area (TPSA) is 76.3 Å². The Morgan fingerprint density at radius 2 is 2.09 bits per heavy atom. The molecule has 1 unspecified atom stereocenters. The third kappa shape index (κ3) is 5.52. The summed E-state index contributed by atoms with van der Waals surface area (Å²) >= 11 is 0. The van der Waals surface area contributed by atoms with Crippen molar-refractivity contribution < 1.29 is 18.7 Å². The van der Waals surface area contributed by atoms with Gasteiger partial charge in [-0.2, -0.15) is 5.26 Å². The number of nitrogens with one attached hydrogen (secondary N) is 1. The molecule has 2 heterocycles. The first-order valence-corrected chi connectivity index (χ1v) is 11.2. The minimum absolute atomic E-state index is 0.0381. The maximum Gasteiger partial charge on any atom is 0.261 e. The predicted molar refractivity (Wildman–Crippen MR) is 125 cm³/mol. The van der Waals surface area contributed by atoms with Crippen LogP contribution in [0.3, 0.4) is 0 Å². The summed E-state index contributed by atoms with van der Waals surface area (Å²) in [5.41, 5.74) is 3.28. The van der Waals surface area contributed by atoms with Gasteiger partial charge in [-0.25, -0.2) is 4.39 Å². The number of carbonyl (C=O) groups is 1. The first kappa shape index (κ1) is 24.7. The zero-order valence-corrected chi connectivity index (χ0v) is 19.8. The highest BCUT2D eigenvalue weighted by molar-refractivity contribution is 6.01. The fraction of sp³-hybridized carbons (Fsp3) is 0.462. The molecule has 0 saturated carbocycles. The van der Waals surface area contributed by atoms with Crippen molar-refractivity contribution in [3.8, 4) is 6.07 Å². The highest BCUT2D eigenvalue weighted by Gasteiger charge is 2.35. The van der Waals surface area contributed by atoms with Gasteiger partial charge in [0.05, 0.1) is 12.6 Å². The molecule has 3 rings (SSSR count). The number of halogens is 1. The Bertz CT molecular complexity index is 1060. The van der Waals surface area contributed by atoms with E-state index in [9.17, 15) is 14.4 Å². The summed E-state index contributed by atoms with van der Waals surface area (Å²) in [7, 11) is 1.67. The molecule has 1 aromatic carbocycles. The van der Waals surface area contributed by atoms with Gasteiger partial charge >= 0.3 is 0 Å². The zero-order chi connectivity index (χ0) is 24.0. The third-order valence-corrected chi connectivity index (χ3v) is 6.51. The molecule has 1 aliphatic heterocycles. The lowest BCUT2D eigenvalue weighted by molar-refractivity contribution is -0.117. The second-order valence-corrected chi connectivity index (χ2v) is 8.76. The molecule has 1 atom stereocenters. The third-order valence-electron chi connectivity index (χ3n) is 6.51. The smallest absolute Gasteiger partial charge is 0.261 e. The molecule has 1 aliphatic rings. The fourth-order valence-electron chi connectivity index (χ4n) is 4.74. The number of amides is 1. The van der Waals surface area contributed by atoms with Gasteiger partial charge in [0.2, 0.25) is 0 Å². The fourth-order valence-corrected chi connectivity index (χ4v) is 4.74. The minimum atomic E-state index is -0.436. The van der Waals surface area contributed by atoms with Crippen molar-refractivity contribution in [1.29, 1.82) is 5.26 Å². The molecule has 1 amide bonds. The maximum atomic E-state index is 13.9. The van der Waals surface area contributed by atoms with Crippen molar-refractivity contribution in [2.75, 3.05) is 33.5 Å². The molecular formula is C26H32FN3O3. The van der Waals surface area contributed by atoms with Crippen LogP contribution in [0, 0.1) is 31.0 Å². The van der Waals surface area contributed by atoms with Crippen molar-refractivity contribution >= 4 is 12.0 Å². The molecule has 0 bridgehead atoms. The monoisotopic (exact) mass is 453 g/mol. The van der Waals surface area contributed by atoms with Crippen LogP contribution in [-0.4, -0.2) is 43.9 Å². The van der Waals surface area contributed by atoms with Crippen molar-refractivity contribution in [3.05, 3.63) is 64.2 Å². The van der Waals surface area contributed by atoms with Gasteiger partial charge in [0, 0.05) is 43.7 Å². The van der Waals surface area contributed by atoms with Crippen LogP contribution in [0.5, 0.6) is 0 Å². The summed E-state index contributed by atoms with van der Waals surface area (Å²) in [4.78, 5) is 13.0. The molecule has 1 fully saturated rings. The predicted octanol–water partition coefficient (Wildman–Crippen LogP) is 4.22. The van der Waals surface area contributed by atoms with Gasteiger partial charge in [-0.1, -0.05) is 12.1 Å². The first-order chi connectivity index (χ1) is 15.8. The van der Waals surface area contributed by atoms with Gasteiger partial charge in [0.25, 0.3) is 5.91 Å². The van der Waals surface area contributed by atoms with Crippen LogP contribution in [0.25, 0.3) is 6.08 Å².